The first-order chi connectivity index (χ1) is 9.08. The SMILES string of the molecule is NC(=S)c1cccc(CNC(=O)c2ccoc2Cl)c1. The highest BCUT2D eigenvalue weighted by molar-refractivity contribution is 7.80. The average molecular weight is 295 g/mol. The molecule has 3 N–H and O–H groups in total. The van der Waals surface area contributed by atoms with E-state index in [2.05, 4.69) is 5.32 Å². The lowest BCUT2D eigenvalue weighted by Gasteiger charge is -2.06. The van der Waals surface area contributed by atoms with Gasteiger partial charge in [-0.15, -0.1) is 0 Å². The van der Waals surface area contributed by atoms with Crippen molar-refractivity contribution in [3.8, 4) is 0 Å². The largest absolute Gasteiger partial charge is 0.452 e. The molecule has 1 heterocycles. The molecule has 19 heavy (non-hydrogen) atoms. The van der Waals surface area contributed by atoms with Crippen LogP contribution in [0.25, 0.3) is 0 Å². The summed E-state index contributed by atoms with van der Waals surface area (Å²) in [6, 6.07) is 8.88. The predicted octanol–water partition coefficient (Wildman–Crippen LogP) is 2.50. The van der Waals surface area contributed by atoms with Crippen LogP contribution in [-0.4, -0.2) is 10.9 Å². The Kier molecular flexibility index (Phi) is 4.19. The number of halogens is 1. The first kappa shape index (κ1) is 13.6. The van der Waals surface area contributed by atoms with Crippen molar-refractivity contribution in [1.29, 1.82) is 0 Å². The molecule has 4 nitrogen and oxygen atoms in total. The van der Waals surface area contributed by atoms with Gasteiger partial charge in [0, 0.05) is 12.1 Å². The summed E-state index contributed by atoms with van der Waals surface area (Å²) in [5, 5.41) is 2.82. The van der Waals surface area contributed by atoms with E-state index in [-0.39, 0.29) is 11.1 Å². The van der Waals surface area contributed by atoms with Crippen LogP contribution < -0.4 is 11.1 Å². The highest BCUT2D eigenvalue weighted by Crippen LogP contribution is 2.16. The van der Waals surface area contributed by atoms with Crippen LogP contribution in [0, 0.1) is 0 Å². The molecule has 2 aromatic rings. The Morgan fingerprint density at radius 2 is 2.21 bits per heavy atom. The summed E-state index contributed by atoms with van der Waals surface area (Å²) >= 11 is 10.6. The maximum Gasteiger partial charge on any atom is 0.256 e. The molecule has 0 aliphatic heterocycles. The number of furan rings is 1. The zero-order valence-corrected chi connectivity index (χ0v) is 11.4. The van der Waals surface area contributed by atoms with Crippen LogP contribution in [0.15, 0.2) is 41.0 Å². The number of nitrogens with one attached hydrogen (secondary N) is 1. The van der Waals surface area contributed by atoms with E-state index in [1.54, 1.807) is 0 Å². The van der Waals surface area contributed by atoms with Gasteiger partial charge in [-0.25, -0.2) is 0 Å². The maximum absolute atomic E-state index is 11.8. The van der Waals surface area contributed by atoms with Crippen LogP contribution >= 0.6 is 23.8 Å². The fourth-order valence-corrected chi connectivity index (χ4v) is 1.90. The number of carbonyl (C=O) groups excluding carboxylic acids is 1. The molecule has 6 heteroatoms. The van der Waals surface area contributed by atoms with E-state index >= 15 is 0 Å². The van der Waals surface area contributed by atoms with Gasteiger partial charge < -0.3 is 15.5 Å². The van der Waals surface area contributed by atoms with Gasteiger partial charge in [0.2, 0.25) is 5.22 Å². The summed E-state index contributed by atoms with van der Waals surface area (Å²) < 4.78 is 4.86. The Balaban J connectivity index is 2.03. The molecule has 0 atom stereocenters. The molecule has 98 valence electrons. The van der Waals surface area contributed by atoms with Gasteiger partial charge in [-0.2, -0.15) is 0 Å². The van der Waals surface area contributed by atoms with Crippen molar-refractivity contribution in [3.05, 3.63) is 58.5 Å². The Hall–Kier alpha value is -1.85. The molecule has 0 radical (unpaired) electrons. The second-order valence-electron chi connectivity index (χ2n) is 3.86. The van der Waals surface area contributed by atoms with Crippen molar-refractivity contribution in [2.24, 2.45) is 5.73 Å². The third kappa shape index (κ3) is 3.33. The van der Waals surface area contributed by atoms with E-state index in [1.165, 1.54) is 12.3 Å². The monoisotopic (exact) mass is 294 g/mol. The summed E-state index contributed by atoms with van der Waals surface area (Å²) in [6.07, 6.45) is 1.37. The van der Waals surface area contributed by atoms with Crippen LogP contribution in [0.3, 0.4) is 0 Å². The minimum Gasteiger partial charge on any atom is -0.452 e. The van der Waals surface area contributed by atoms with Crippen molar-refractivity contribution < 1.29 is 9.21 Å². The number of amides is 1. The molecule has 0 fully saturated rings. The molecule has 1 aromatic carbocycles. The molecule has 0 spiro atoms. The molecular formula is C13H11ClN2O2S. The van der Waals surface area contributed by atoms with Crippen LogP contribution in [0.5, 0.6) is 0 Å². The molecule has 0 unspecified atom stereocenters. The Bertz CT molecular complexity index is 625. The molecule has 1 aromatic heterocycles. The van der Waals surface area contributed by atoms with Gasteiger partial charge in [-0.05, 0) is 29.3 Å². The molecule has 0 aliphatic rings. The van der Waals surface area contributed by atoms with Gasteiger partial charge in [0.05, 0.1) is 11.8 Å². The molecular weight excluding hydrogens is 284 g/mol. The zero-order valence-electron chi connectivity index (χ0n) is 9.85. The van der Waals surface area contributed by atoms with Crippen molar-refractivity contribution in [3.63, 3.8) is 0 Å². The number of nitrogens with two attached hydrogens (primary N) is 1. The lowest BCUT2D eigenvalue weighted by molar-refractivity contribution is 0.0950. The second-order valence-corrected chi connectivity index (χ2v) is 4.64. The average Bonchev–Trinajstić information content (AvgIpc) is 2.82. The van der Waals surface area contributed by atoms with Crippen LogP contribution in [-0.2, 0) is 6.54 Å². The van der Waals surface area contributed by atoms with Crippen molar-refractivity contribution in [2.75, 3.05) is 0 Å². The minimum atomic E-state index is -0.292. The van der Waals surface area contributed by atoms with Crippen LogP contribution in [0.4, 0.5) is 0 Å². The Morgan fingerprint density at radius 1 is 1.42 bits per heavy atom. The van der Waals surface area contributed by atoms with Crippen molar-refractivity contribution >= 4 is 34.7 Å². The summed E-state index contributed by atoms with van der Waals surface area (Å²) in [5.74, 6) is -0.292. The number of hydrogen-bond acceptors (Lipinski definition) is 3. The van der Waals surface area contributed by atoms with Gasteiger partial charge >= 0.3 is 0 Å². The molecule has 2 rings (SSSR count). The molecule has 1 amide bonds. The lowest BCUT2D eigenvalue weighted by Crippen LogP contribution is -2.22. The second kappa shape index (κ2) is 5.86. The fourth-order valence-electron chi connectivity index (χ4n) is 1.57. The van der Waals surface area contributed by atoms with E-state index in [1.807, 2.05) is 24.3 Å². The molecule has 0 aliphatic carbocycles. The standard InChI is InChI=1S/C13H11ClN2O2S/c14-11-10(4-5-18-11)13(17)16-7-8-2-1-3-9(6-8)12(15)19/h1-6H,7H2,(H2,15,19)(H,16,17). The maximum atomic E-state index is 11.8. The van der Waals surface area contributed by atoms with Gasteiger partial charge in [0.15, 0.2) is 0 Å². The van der Waals surface area contributed by atoms with Crippen molar-refractivity contribution in [2.45, 2.75) is 6.54 Å². The smallest absolute Gasteiger partial charge is 0.256 e. The quantitative estimate of drug-likeness (QED) is 0.850. The number of thiocarbonyl (C=S) groups is 1. The molecule has 0 saturated heterocycles. The zero-order chi connectivity index (χ0) is 13.8. The van der Waals surface area contributed by atoms with Gasteiger partial charge in [-0.1, -0.05) is 30.4 Å². The topological polar surface area (TPSA) is 68.3 Å². The number of hydrogen-bond donors (Lipinski definition) is 2. The summed E-state index contributed by atoms with van der Waals surface area (Å²) in [4.78, 5) is 12.1. The van der Waals surface area contributed by atoms with E-state index in [4.69, 9.17) is 34.0 Å². The summed E-state index contributed by atoms with van der Waals surface area (Å²) in [5.41, 5.74) is 7.53. The van der Waals surface area contributed by atoms with E-state index in [9.17, 15) is 4.79 Å². The fraction of sp³-hybridized carbons (Fsp3) is 0.0769. The van der Waals surface area contributed by atoms with Gasteiger partial charge in [0.25, 0.3) is 5.91 Å². The molecule has 0 saturated carbocycles. The van der Waals surface area contributed by atoms with Crippen molar-refractivity contribution in [1.82, 2.24) is 5.32 Å². The van der Waals surface area contributed by atoms with E-state index in [0.717, 1.165) is 11.1 Å². The summed E-state index contributed by atoms with van der Waals surface area (Å²) in [7, 11) is 0. The highest BCUT2D eigenvalue weighted by Gasteiger charge is 2.12. The van der Waals surface area contributed by atoms with Crippen LogP contribution in [0.1, 0.15) is 21.5 Å². The minimum absolute atomic E-state index is 0.0781. The predicted molar refractivity (Wildman–Crippen MR) is 77.2 cm³/mol. The number of rotatable bonds is 4. The van der Waals surface area contributed by atoms with E-state index in [0.29, 0.717) is 17.1 Å². The van der Waals surface area contributed by atoms with Gasteiger partial charge in [-0.3, -0.25) is 4.79 Å². The van der Waals surface area contributed by atoms with Gasteiger partial charge in [0.1, 0.15) is 4.99 Å². The normalized spacial score (nSPS) is 10.2. The summed E-state index contributed by atoms with van der Waals surface area (Å²) in [6.45, 7) is 0.358. The first-order valence-electron chi connectivity index (χ1n) is 5.48. The molecule has 0 bridgehead atoms. The number of benzene rings is 1. The third-order valence-electron chi connectivity index (χ3n) is 2.53. The highest BCUT2D eigenvalue weighted by atomic mass is 35.5. The van der Waals surface area contributed by atoms with Crippen LogP contribution in [0.2, 0.25) is 5.22 Å². The third-order valence-corrected chi connectivity index (χ3v) is 3.06. The number of carbonyl (C=O) groups is 1. The Morgan fingerprint density at radius 3 is 2.84 bits per heavy atom. The first-order valence-corrected chi connectivity index (χ1v) is 6.26. The van der Waals surface area contributed by atoms with E-state index < -0.39 is 0 Å². The lowest BCUT2D eigenvalue weighted by atomic mass is 10.1. The Labute approximate surface area is 120 Å².